The first-order chi connectivity index (χ1) is 9.58. The number of fused-ring (bicyclic) bond motifs is 1. The van der Waals surface area contributed by atoms with E-state index in [0.29, 0.717) is 6.61 Å². The van der Waals surface area contributed by atoms with Crippen molar-refractivity contribution < 1.29 is 4.74 Å². The molecule has 2 aromatic carbocycles. The summed E-state index contributed by atoms with van der Waals surface area (Å²) in [4.78, 5) is 0. The van der Waals surface area contributed by atoms with Crippen molar-refractivity contribution in [3.05, 3.63) is 63.2 Å². The van der Waals surface area contributed by atoms with Crippen LogP contribution in [0.15, 0.2) is 30.3 Å². The number of alkyl halides is 1. The average molecular weight is 307 g/mol. The van der Waals surface area contributed by atoms with Crippen molar-refractivity contribution in [2.45, 2.75) is 25.6 Å². The predicted molar refractivity (Wildman–Crippen MR) is 84.3 cm³/mol. The van der Waals surface area contributed by atoms with E-state index < -0.39 is 0 Å². The Morgan fingerprint density at radius 2 is 1.85 bits per heavy atom. The quantitative estimate of drug-likeness (QED) is 0.691. The fourth-order valence-corrected chi connectivity index (χ4v) is 3.62. The van der Waals surface area contributed by atoms with Crippen molar-refractivity contribution >= 4 is 23.2 Å². The summed E-state index contributed by atoms with van der Waals surface area (Å²) >= 11 is 13.0. The summed E-state index contributed by atoms with van der Waals surface area (Å²) in [5.74, 6) is 0.914. The Labute approximate surface area is 129 Å². The van der Waals surface area contributed by atoms with E-state index in [-0.39, 0.29) is 5.38 Å². The fraction of sp³-hybridized carbons (Fsp3) is 0.294. The van der Waals surface area contributed by atoms with Crippen LogP contribution in [0.2, 0.25) is 5.02 Å². The molecule has 0 amide bonds. The van der Waals surface area contributed by atoms with Crippen LogP contribution in [0.5, 0.6) is 5.75 Å². The summed E-state index contributed by atoms with van der Waals surface area (Å²) < 4.78 is 5.76. The van der Waals surface area contributed by atoms with E-state index in [4.69, 9.17) is 27.9 Å². The van der Waals surface area contributed by atoms with Gasteiger partial charge in [-0.25, -0.2) is 0 Å². The van der Waals surface area contributed by atoms with Gasteiger partial charge >= 0.3 is 0 Å². The first-order valence-corrected chi connectivity index (χ1v) is 7.54. The Morgan fingerprint density at radius 1 is 1.15 bits per heavy atom. The number of aryl methyl sites for hydroxylation is 2. The topological polar surface area (TPSA) is 9.23 Å². The SMILES string of the molecule is Cc1cccc(C)c1C(Cl)c1cc(Cl)cc2c1OCC2. The molecule has 0 aromatic heterocycles. The maximum atomic E-state index is 6.76. The molecule has 1 atom stereocenters. The molecule has 20 heavy (non-hydrogen) atoms. The monoisotopic (exact) mass is 306 g/mol. The number of rotatable bonds is 2. The van der Waals surface area contributed by atoms with Crippen LogP contribution >= 0.6 is 23.2 Å². The van der Waals surface area contributed by atoms with E-state index in [0.717, 1.165) is 33.9 Å². The lowest BCUT2D eigenvalue weighted by Gasteiger charge is -2.18. The first kappa shape index (κ1) is 13.8. The van der Waals surface area contributed by atoms with Crippen LogP contribution in [0.1, 0.15) is 33.2 Å². The lowest BCUT2D eigenvalue weighted by Crippen LogP contribution is -2.02. The number of hydrogen-bond donors (Lipinski definition) is 0. The Kier molecular flexibility index (Phi) is 3.66. The van der Waals surface area contributed by atoms with E-state index in [1.54, 1.807) is 0 Å². The third-order valence-corrected chi connectivity index (χ3v) is 4.52. The van der Waals surface area contributed by atoms with E-state index in [9.17, 15) is 0 Å². The van der Waals surface area contributed by atoms with Crippen LogP contribution in [-0.4, -0.2) is 6.61 Å². The van der Waals surface area contributed by atoms with E-state index in [1.165, 1.54) is 11.1 Å². The lowest BCUT2D eigenvalue weighted by atomic mass is 9.94. The minimum atomic E-state index is -0.234. The second-order valence-electron chi connectivity index (χ2n) is 5.25. The van der Waals surface area contributed by atoms with Gasteiger partial charge in [-0.15, -0.1) is 11.6 Å². The van der Waals surface area contributed by atoms with Gasteiger partial charge < -0.3 is 4.74 Å². The first-order valence-electron chi connectivity index (χ1n) is 6.73. The molecule has 1 heterocycles. The summed E-state index contributed by atoms with van der Waals surface area (Å²) in [7, 11) is 0. The normalized spacial score (nSPS) is 14.8. The van der Waals surface area contributed by atoms with Crippen LogP contribution in [0.3, 0.4) is 0 Å². The zero-order valence-corrected chi connectivity index (χ0v) is 13.1. The largest absolute Gasteiger partial charge is 0.493 e. The van der Waals surface area contributed by atoms with Gasteiger partial charge in [0, 0.05) is 17.0 Å². The summed E-state index contributed by atoms with van der Waals surface area (Å²) in [6.45, 7) is 4.88. The van der Waals surface area contributed by atoms with Crippen LogP contribution in [0, 0.1) is 13.8 Å². The second-order valence-corrected chi connectivity index (χ2v) is 6.12. The number of ether oxygens (including phenoxy) is 1. The smallest absolute Gasteiger partial charge is 0.127 e. The number of hydrogen-bond acceptors (Lipinski definition) is 1. The molecular formula is C17H16Cl2O. The molecule has 1 unspecified atom stereocenters. The zero-order valence-electron chi connectivity index (χ0n) is 11.5. The van der Waals surface area contributed by atoms with Crippen LogP contribution in [0.25, 0.3) is 0 Å². The van der Waals surface area contributed by atoms with Crippen molar-refractivity contribution in [3.63, 3.8) is 0 Å². The standard InChI is InChI=1S/C17H16Cl2O/c1-10-4-3-5-11(2)15(10)16(19)14-9-13(18)8-12-6-7-20-17(12)14/h3-5,8-9,16H,6-7H2,1-2H3. The fourth-order valence-electron chi connectivity index (χ4n) is 2.87. The summed E-state index contributed by atoms with van der Waals surface area (Å²) in [5.41, 5.74) is 5.66. The number of benzene rings is 2. The van der Waals surface area contributed by atoms with E-state index >= 15 is 0 Å². The molecule has 0 N–H and O–H groups in total. The van der Waals surface area contributed by atoms with E-state index in [1.807, 2.05) is 12.1 Å². The van der Waals surface area contributed by atoms with Crippen molar-refractivity contribution in [2.24, 2.45) is 0 Å². The molecule has 1 aliphatic heterocycles. The highest BCUT2D eigenvalue weighted by Crippen LogP contribution is 2.43. The maximum Gasteiger partial charge on any atom is 0.127 e. The molecular weight excluding hydrogens is 291 g/mol. The Balaban J connectivity index is 2.14. The second kappa shape index (κ2) is 5.31. The predicted octanol–water partition coefficient (Wildman–Crippen LogP) is 5.22. The molecule has 1 nitrogen and oxygen atoms in total. The molecule has 0 aliphatic carbocycles. The van der Waals surface area contributed by atoms with Crippen molar-refractivity contribution in [1.29, 1.82) is 0 Å². The maximum absolute atomic E-state index is 6.76. The van der Waals surface area contributed by atoms with Crippen LogP contribution < -0.4 is 4.74 Å². The van der Waals surface area contributed by atoms with Gasteiger partial charge in [-0.05, 0) is 48.2 Å². The molecule has 0 radical (unpaired) electrons. The summed E-state index contributed by atoms with van der Waals surface area (Å²) in [5, 5.41) is 0.489. The molecule has 0 saturated carbocycles. The molecule has 2 aromatic rings. The third-order valence-electron chi connectivity index (χ3n) is 3.85. The van der Waals surface area contributed by atoms with Crippen molar-refractivity contribution in [3.8, 4) is 5.75 Å². The minimum absolute atomic E-state index is 0.234. The van der Waals surface area contributed by atoms with Crippen molar-refractivity contribution in [1.82, 2.24) is 0 Å². The minimum Gasteiger partial charge on any atom is -0.493 e. The van der Waals surface area contributed by atoms with Gasteiger partial charge in [-0.1, -0.05) is 29.8 Å². The van der Waals surface area contributed by atoms with Gasteiger partial charge in [-0.3, -0.25) is 0 Å². The van der Waals surface area contributed by atoms with Crippen LogP contribution in [-0.2, 0) is 6.42 Å². The number of halogens is 2. The Bertz CT molecular complexity index is 644. The molecule has 0 spiro atoms. The highest BCUT2D eigenvalue weighted by Gasteiger charge is 2.25. The van der Waals surface area contributed by atoms with Gasteiger partial charge in [0.2, 0.25) is 0 Å². The van der Waals surface area contributed by atoms with Gasteiger partial charge in [-0.2, -0.15) is 0 Å². The molecule has 1 aliphatic rings. The average Bonchev–Trinajstić information content (AvgIpc) is 2.85. The molecule has 3 heteroatoms. The molecule has 3 rings (SSSR count). The molecule has 104 valence electrons. The molecule has 0 saturated heterocycles. The lowest BCUT2D eigenvalue weighted by molar-refractivity contribution is 0.353. The third kappa shape index (κ3) is 2.30. The molecule has 0 fully saturated rings. The van der Waals surface area contributed by atoms with Crippen molar-refractivity contribution in [2.75, 3.05) is 6.61 Å². The van der Waals surface area contributed by atoms with Gasteiger partial charge in [0.15, 0.2) is 0 Å². The van der Waals surface area contributed by atoms with Gasteiger partial charge in [0.1, 0.15) is 5.75 Å². The van der Waals surface area contributed by atoms with Gasteiger partial charge in [0.25, 0.3) is 0 Å². The Morgan fingerprint density at radius 3 is 2.55 bits per heavy atom. The summed E-state index contributed by atoms with van der Waals surface area (Å²) in [6.07, 6.45) is 0.902. The highest BCUT2D eigenvalue weighted by molar-refractivity contribution is 6.31. The van der Waals surface area contributed by atoms with Crippen LogP contribution in [0.4, 0.5) is 0 Å². The highest BCUT2D eigenvalue weighted by atomic mass is 35.5. The molecule has 0 bridgehead atoms. The summed E-state index contributed by atoms with van der Waals surface area (Å²) in [6, 6.07) is 10.1. The Hall–Kier alpha value is -1.18. The van der Waals surface area contributed by atoms with Gasteiger partial charge in [0.05, 0.1) is 12.0 Å². The zero-order chi connectivity index (χ0) is 14.3. The van der Waals surface area contributed by atoms with E-state index in [2.05, 4.69) is 32.0 Å².